The van der Waals surface area contributed by atoms with Crippen LogP contribution in [0.2, 0.25) is 0 Å². The van der Waals surface area contributed by atoms with Crippen molar-refractivity contribution < 1.29 is 23.5 Å². The van der Waals surface area contributed by atoms with Gasteiger partial charge in [0, 0.05) is 46.9 Å². The third kappa shape index (κ3) is 8.44. The standard InChI is InChI=1S/C18H31N3O5/c1-4-5-8-17(22)21(10-7-12-25-3)13-16-20-15(14-26-16)18(23)19-9-6-11-24-2/h14H,4-13H2,1-3H3,(H,19,23). The molecule has 1 heterocycles. The van der Waals surface area contributed by atoms with Crippen LogP contribution in [0.15, 0.2) is 10.7 Å². The molecule has 26 heavy (non-hydrogen) atoms. The number of amides is 2. The Bertz CT molecular complexity index is 533. The van der Waals surface area contributed by atoms with Gasteiger partial charge in [-0.2, -0.15) is 0 Å². The first-order valence-electron chi connectivity index (χ1n) is 9.10. The summed E-state index contributed by atoms with van der Waals surface area (Å²) in [6.45, 7) is 4.54. The molecule has 0 fully saturated rings. The van der Waals surface area contributed by atoms with Crippen molar-refractivity contribution in [3.05, 3.63) is 17.8 Å². The first-order chi connectivity index (χ1) is 12.6. The minimum absolute atomic E-state index is 0.0618. The molecule has 1 aromatic rings. The molecule has 0 spiro atoms. The second-order valence-corrected chi connectivity index (χ2v) is 5.99. The molecule has 0 saturated carbocycles. The Morgan fingerprint density at radius 2 is 1.92 bits per heavy atom. The predicted molar refractivity (Wildman–Crippen MR) is 96.8 cm³/mol. The maximum absolute atomic E-state index is 12.4. The maximum Gasteiger partial charge on any atom is 0.273 e. The van der Waals surface area contributed by atoms with Crippen molar-refractivity contribution in [2.45, 2.75) is 45.6 Å². The van der Waals surface area contributed by atoms with E-state index in [0.29, 0.717) is 38.6 Å². The van der Waals surface area contributed by atoms with E-state index in [4.69, 9.17) is 13.9 Å². The molecule has 1 N–H and O–H groups in total. The molecule has 8 heteroatoms. The lowest BCUT2D eigenvalue weighted by atomic mass is 10.2. The van der Waals surface area contributed by atoms with Crippen LogP contribution >= 0.6 is 0 Å². The quantitative estimate of drug-likeness (QED) is 0.504. The molecule has 0 atom stereocenters. The number of carbonyl (C=O) groups is 2. The Kier molecular flexibility index (Phi) is 11.3. The van der Waals surface area contributed by atoms with Crippen molar-refractivity contribution in [3.8, 4) is 0 Å². The van der Waals surface area contributed by atoms with Gasteiger partial charge in [-0.15, -0.1) is 0 Å². The molecule has 0 radical (unpaired) electrons. The summed E-state index contributed by atoms with van der Waals surface area (Å²) in [5, 5.41) is 2.75. The Hall–Kier alpha value is -1.93. The van der Waals surface area contributed by atoms with Crippen LogP contribution in [0.4, 0.5) is 0 Å². The molecule has 0 saturated heterocycles. The third-order valence-electron chi connectivity index (χ3n) is 3.79. The van der Waals surface area contributed by atoms with Gasteiger partial charge in [-0.25, -0.2) is 4.98 Å². The molecule has 8 nitrogen and oxygen atoms in total. The zero-order valence-corrected chi connectivity index (χ0v) is 16.1. The number of ether oxygens (including phenoxy) is 2. The zero-order chi connectivity index (χ0) is 19.2. The number of hydrogen-bond donors (Lipinski definition) is 1. The Labute approximate surface area is 155 Å². The van der Waals surface area contributed by atoms with Crippen LogP contribution in [0, 0.1) is 0 Å². The molecule has 2 amide bonds. The second kappa shape index (κ2) is 13.3. The largest absolute Gasteiger partial charge is 0.446 e. The molecule has 0 unspecified atom stereocenters. The summed E-state index contributed by atoms with van der Waals surface area (Å²) >= 11 is 0. The van der Waals surface area contributed by atoms with Gasteiger partial charge in [0.05, 0.1) is 6.54 Å². The van der Waals surface area contributed by atoms with Crippen molar-refractivity contribution in [1.29, 1.82) is 0 Å². The molecule has 0 aliphatic carbocycles. The van der Waals surface area contributed by atoms with E-state index in [1.54, 1.807) is 19.1 Å². The van der Waals surface area contributed by atoms with Crippen molar-refractivity contribution >= 4 is 11.8 Å². The summed E-state index contributed by atoms with van der Waals surface area (Å²) in [4.78, 5) is 30.3. The molecule has 0 aromatic carbocycles. The SMILES string of the molecule is CCCCC(=O)N(CCCOC)Cc1nc(C(=O)NCCCOC)co1. The Morgan fingerprint density at radius 1 is 1.19 bits per heavy atom. The van der Waals surface area contributed by atoms with Gasteiger partial charge in [-0.3, -0.25) is 9.59 Å². The first kappa shape index (κ1) is 22.1. The molecule has 0 aliphatic heterocycles. The summed E-state index contributed by atoms with van der Waals surface area (Å²) in [7, 11) is 3.25. The lowest BCUT2D eigenvalue weighted by Crippen LogP contribution is -2.32. The molecule has 148 valence electrons. The van der Waals surface area contributed by atoms with Gasteiger partial charge in [0.1, 0.15) is 6.26 Å². The number of methoxy groups -OCH3 is 2. The number of oxazole rings is 1. The number of carbonyl (C=O) groups excluding carboxylic acids is 2. The van der Waals surface area contributed by atoms with Crippen LogP contribution in [0.1, 0.15) is 55.4 Å². The summed E-state index contributed by atoms with van der Waals surface area (Å²) < 4.78 is 15.4. The molecule has 1 rings (SSSR count). The van der Waals surface area contributed by atoms with Crippen LogP contribution in [0.25, 0.3) is 0 Å². The molecule has 1 aromatic heterocycles. The van der Waals surface area contributed by atoms with Crippen molar-refractivity contribution in [2.75, 3.05) is 40.5 Å². The minimum atomic E-state index is -0.292. The van der Waals surface area contributed by atoms with Gasteiger partial charge < -0.3 is 24.1 Å². The Morgan fingerprint density at radius 3 is 2.62 bits per heavy atom. The fourth-order valence-corrected chi connectivity index (χ4v) is 2.34. The van der Waals surface area contributed by atoms with E-state index in [1.165, 1.54) is 6.26 Å². The highest BCUT2D eigenvalue weighted by Crippen LogP contribution is 2.10. The lowest BCUT2D eigenvalue weighted by molar-refractivity contribution is -0.132. The average Bonchev–Trinajstić information content (AvgIpc) is 3.11. The van der Waals surface area contributed by atoms with Gasteiger partial charge in [0.2, 0.25) is 11.8 Å². The zero-order valence-electron chi connectivity index (χ0n) is 16.1. The van der Waals surface area contributed by atoms with Gasteiger partial charge in [-0.05, 0) is 19.3 Å². The lowest BCUT2D eigenvalue weighted by Gasteiger charge is -2.21. The van der Waals surface area contributed by atoms with E-state index >= 15 is 0 Å². The van der Waals surface area contributed by atoms with E-state index in [9.17, 15) is 9.59 Å². The highest BCUT2D eigenvalue weighted by molar-refractivity contribution is 5.91. The minimum Gasteiger partial charge on any atom is -0.446 e. The van der Waals surface area contributed by atoms with Crippen LogP contribution in [-0.2, 0) is 20.8 Å². The van der Waals surface area contributed by atoms with Crippen LogP contribution in [-0.4, -0.2) is 62.2 Å². The normalized spacial score (nSPS) is 10.7. The number of nitrogens with zero attached hydrogens (tertiary/aromatic N) is 2. The van der Waals surface area contributed by atoms with E-state index in [0.717, 1.165) is 25.7 Å². The van der Waals surface area contributed by atoms with Gasteiger partial charge in [0.25, 0.3) is 5.91 Å². The number of hydrogen-bond acceptors (Lipinski definition) is 6. The van der Waals surface area contributed by atoms with E-state index in [2.05, 4.69) is 10.3 Å². The van der Waals surface area contributed by atoms with Crippen LogP contribution in [0.5, 0.6) is 0 Å². The maximum atomic E-state index is 12.4. The average molecular weight is 369 g/mol. The molecular formula is C18H31N3O5. The summed E-state index contributed by atoms with van der Waals surface area (Å²) in [6.07, 6.45) is 5.10. The molecular weight excluding hydrogens is 338 g/mol. The second-order valence-electron chi connectivity index (χ2n) is 5.99. The highest BCUT2D eigenvalue weighted by atomic mass is 16.5. The van der Waals surface area contributed by atoms with Gasteiger partial charge >= 0.3 is 0 Å². The van der Waals surface area contributed by atoms with Crippen molar-refractivity contribution in [1.82, 2.24) is 15.2 Å². The van der Waals surface area contributed by atoms with Crippen LogP contribution in [0.3, 0.4) is 0 Å². The van der Waals surface area contributed by atoms with E-state index < -0.39 is 0 Å². The monoisotopic (exact) mass is 369 g/mol. The summed E-state index contributed by atoms with van der Waals surface area (Å²) in [5.41, 5.74) is 0.218. The number of unbranched alkanes of at least 4 members (excludes halogenated alkanes) is 1. The summed E-state index contributed by atoms with van der Waals surface area (Å²) in [5.74, 6) is 0.125. The molecule has 0 aliphatic rings. The smallest absolute Gasteiger partial charge is 0.273 e. The topological polar surface area (TPSA) is 93.9 Å². The number of nitrogens with one attached hydrogen (secondary N) is 1. The summed E-state index contributed by atoms with van der Waals surface area (Å²) in [6, 6.07) is 0. The first-order valence-corrected chi connectivity index (χ1v) is 9.10. The van der Waals surface area contributed by atoms with Crippen molar-refractivity contribution in [3.63, 3.8) is 0 Å². The molecule has 0 bridgehead atoms. The number of aromatic nitrogens is 1. The third-order valence-corrected chi connectivity index (χ3v) is 3.79. The van der Waals surface area contributed by atoms with E-state index in [1.807, 2.05) is 6.92 Å². The Balaban J connectivity index is 2.59. The highest BCUT2D eigenvalue weighted by Gasteiger charge is 2.18. The van der Waals surface area contributed by atoms with Gasteiger partial charge in [0.15, 0.2) is 5.69 Å². The fourth-order valence-electron chi connectivity index (χ4n) is 2.34. The number of rotatable bonds is 14. The van der Waals surface area contributed by atoms with Gasteiger partial charge in [-0.1, -0.05) is 13.3 Å². The fraction of sp³-hybridized carbons (Fsp3) is 0.722. The van der Waals surface area contributed by atoms with E-state index in [-0.39, 0.29) is 24.1 Å². The van der Waals surface area contributed by atoms with Crippen molar-refractivity contribution in [2.24, 2.45) is 0 Å². The van der Waals surface area contributed by atoms with Crippen LogP contribution < -0.4 is 5.32 Å². The predicted octanol–water partition coefficient (Wildman–Crippen LogP) is 2.00.